The molecule has 82 valence electrons. The Hall–Kier alpha value is -1.75. The van der Waals surface area contributed by atoms with Crippen molar-refractivity contribution < 1.29 is 0 Å². The molecule has 1 N–H and O–H groups in total. The largest absolute Gasteiger partial charge is 0.336 e. The van der Waals surface area contributed by atoms with Crippen LogP contribution in [0.3, 0.4) is 0 Å². The first-order chi connectivity index (χ1) is 7.78. The van der Waals surface area contributed by atoms with E-state index in [0.717, 1.165) is 17.2 Å². The number of anilines is 1. The van der Waals surface area contributed by atoms with E-state index in [1.807, 2.05) is 42.1 Å². The Balaban J connectivity index is 2.11. The minimum Gasteiger partial charge on any atom is -0.336 e. The number of nitrogens with one attached hydrogen (secondary N) is 1. The molecule has 0 saturated heterocycles. The Morgan fingerprint density at radius 2 is 2.31 bits per heavy atom. The van der Waals surface area contributed by atoms with Crippen molar-refractivity contribution in [3.8, 4) is 0 Å². The summed E-state index contributed by atoms with van der Waals surface area (Å²) < 4.78 is 1.82. The minimum atomic E-state index is 0.667. The molecule has 0 bridgehead atoms. The zero-order valence-electron chi connectivity index (χ0n) is 8.92. The van der Waals surface area contributed by atoms with Crippen molar-refractivity contribution in [1.29, 1.82) is 0 Å². The van der Waals surface area contributed by atoms with Gasteiger partial charge < -0.3 is 5.32 Å². The fourth-order valence-corrected chi connectivity index (χ4v) is 1.56. The number of rotatable bonds is 4. The first kappa shape index (κ1) is 10.8. The summed E-state index contributed by atoms with van der Waals surface area (Å²) in [6.07, 6.45) is 1.89. The molecule has 0 amide bonds. The molecule has 0 radical (unpaired) electrons. The molecule has 0 aliphatic rings. The zero-order valence-corrected chi connectivity index (χ0v) is 9.74. The van der Waals surface area contributed by atoms with Crippen LogP contribution in [-0.4, -0.2) is 20.3 Å². The van der Waals surface area contributed by atoms with Gasteiger partial charge in [-0.25, -0.2) is 0 Å². The number of hydrogen-bond donors (Lipinski definition) is 1. The summed E-state index contributed by atoms with van der Waals surface area (Å²) in [5, 5.41) is 7.16. The van der Waals surface area contributed by atoms with Crippen LogP contribution >= 0.6 is 12.2 Å². The van der Waals surface area contributed by atoms with Crippen LogP contribution in [0.1, 0.15) is 11.4 Å². The first-order valence-corrected chi connectivity index (χ1v) is 5.41. The molecule has 0 unspecified atom stereocenters. The van der Waals surface area contributed by atoms with Crippen LogP contribution in [0.15, 0.2) is 30.5 Å². The van der Waals surface area contributed by atoms with Crippen LogP contribution in [0.2, 0.25) is 0 Å². The second-order valence-corrected chi connectivity index (χ2v) is 3.67. The van der Waals surface area contributed by atoms with Gasteiger partial charge in [0.25, 0.3) is 0 Å². The van der Waals surface area contributed by atoms with E-state index in [9.17, 15) is 0 Å². The van der Waals surface area contributed by atoms with Crippen molar-refractivity contribution >= 4 is 23.5 Å². The van der Waals surface area contributed by atoms with Gasteiger partial charge in [0.05, 0.1) is 17.7 Å². The van der Waals surface area contributed by atoms with E-state index in [-0.39, 0.29) is 0 Å². The van der Waals surface area contributed by atoms with Crippen LogP contribution in [0.25, 0.3) is 0 Å². The average molecular weight is 232 g/mol. The van der Waals surface area contributed by atoms with E-state index in [0.29, 0.717) is 6.54 Å². The van der Waals surface area contributed by atoms with Crippen molar-refractivity contribution in [2.45, 2.75) is 13.5 Å². The smallest absolute Gasteiger partial charge is 0.152 e. The summed E-state index contributed by atoms with van der Waals surface area (Å²) in [6, 6.07) is 7.84. The summed E-state index contributed by atoms with van der Waals surface area (Å²) in [6.45, 7) is 2.65. The van der Waals surface area contributed by atoms with E-state index in [2.05, 4.69) is 15.4 Å². The van der Waals surface area contributed by atoms with Gasteiger partial charge in [-0.3, -0.25) is 9.67 Å². The molecular weight excluding hydrogens is 220 g/mol. The van der Waals surface area contributed by atoms with Crippen LogP contribution in [-0.2, 0) is 6.54 Å². The maximum Gasteiger partial charge on any atom is 0.152 e. The van der Waals surface area contributed by atoms with Gasteiger partial charge in [0.2, 0.25) is 0 Å². The molecule has 0 fully saturated rings. The first-order valence-electron chi connectivity index (χ1n) is 4.94. The summed E-state index contributed by atoms with van der Waals surface area (Å²) in [5.74, 6) is 0.752. The van der Waals surface area contributed by atoms with Gasteiger partial charge in [0, 0.05) is 18.0 Å². The maximum atomic E-state index is 4.69. The molecule has 0 aliphatic carbocycles. The highest BCUT2D eigenvalue weighted by Crippen LogP contribution is 2.04. The van der Waals surface area contributed by atoms with Gasteiger partial charge >= 0.3 is 0 Å². The van der Waals surface area contributed by atoms with Crippen molar-refractivity contribution in [1.82, 2.24) is 14.8 Å². The minimum absolute atomic E-state index is 0.667. The number of aryl methyl sites for hydroxylation is 1. The standard InChI is InChI=1S/C11H12N4S/c1-9-3-2-4-10(13-9)7-15-6-5-11(14-15)12-8-16/h2-6,8H,7H2,1H3,(H,12,14,16). The number of pyridine rings is 1. The summed E-state index contributed by atoms with van der Waals surface area (Å²) in [5.41, 5.74) is 3.45. The van der Waals surface area contributed by atoms with E-state index in [1.54, 1.807) is 0 Å². The van der Waals surface area contributed by atoms with Crippen molar-refractivity contribution in [3.63, 3.8) is 0 Å². The molecule has 2 aromatic heterocycles. The normalized spacial score (nSPS) is 10.1. The second-order valence-electron chi connectivity index (χ2n) is 3.43. The molecule has 0 atom stereocenters. The monoisotopic (exact) mass is 232 g/mol. The Labute approximate surface area is 99.3 Å². The Morgan fingerprint density at radius 3 is 3.06 bits per heavy atom. The van der Waals surface area contributed by atoms with Crippen LogP contribution in [0.4, 0.5) is 5.82 Å². The lowest BCUT2D eigenvalue weighted by Crippen LogP contribution is -2.04. The van der Waals surface area contributed by atoms with Gasteiger partial charge in [-0.1, -0.05) is 18.3 Å². The molecule has 2 aromatic rings. The van der Waals surface area contributed by atoms with E-state index < -0.39 is 0 Å². The number of nitrogens with zero attached hydrogens (tertiary/aromatic N) is 3. The van der Waals surface area contributed by atoms with Crippen LogP contribution in [0, 0.1) is 6.92 Å². The zero-order chi connectivity index (χ0) is 11.4. The predicted octanol–water partition coefficient (Wildman–Crippen LogP) is 2.00. The van der Waals surface area contributed by atoms with Gasteiger partial charge in [-0.15, -0.1) is 0 Å². The van der Waals surface area contributed by atoms with Crippen molar-refractivity contribution in [3.05, 3.63) is 41.9 Å². The predicted molar refractivity (Wildman–Crippen MR) is 67.6 cm³/mol. The second kappa shape index (κ2) is 4.85. The highest BCUT2D eigenvalue weighted by molar-refractivity contribution is 7.79. The fraction of sp³-hybridized carbons (Fsp3) is 0.182. The van der Waals surface area contributed by atoms with E-state index in [1.165, 1.54) is 5.49 Å². The van der Waals surface area contributed by atoms with Crippen molar-refractivity contribution in [2.24, 2.45) is 0 Å². The Kier molecular flexibility index (Phi) is 3.26. The topological polar surface area (TPSA) is 42.7 Å². The molecule has 4 nitrogen and oxygen atoms in total. The van der Waals surface area contributed by atoms with Gasteiger partial charge in [-0.05, 0) is 19.1 Å². The fourth-order valence-electron chi connectivity index (χ4n) is 1.44. The molecule has 2 heterocycles. The third-order valence-corrected chi connectivity index (χ3v) is 2.24. The third-order valence-electron chi connectivity index (χ3n) is 2.12. The van der Waals surface area contributed by atoms with E-state index in [4.69, 9.17) is 12.2 Å². The highest BCUT2D eigenvalue weighted by Gasteiger charge is 1.99. The molecule has 0 saturated carbocycles. The molecule has 5 heteroatoms. The SMILES string of the molecule is Cc1cccc(Cn2ccc(NC=S)n2)n1. The lowest BCUT2D eigenvalue weighted by molar-refractivity contribution is 0.674. The van der Waals surface area contributed by atoms with Crippen LogP contribution < -0.4 is 5.32 Å². The highest BCUT2D eigenvalue weighted by atomic mass is 32.1. The maximum absolute atomic E-state index is 4.69. The molecule has 0 aliphatic heterocycles. The van der Waals surface area contributed by atoms with Gasteiger partial charge in [0.15, 0.2) is 5.82 Å². The summed E-state index contributed by atoms with van der Waals surface area (Å²) in [7, 11) is 0. The Morgan fingerprint density at radius 1 is 1.44 bits per heavy atom. The average Bonchev–Trinajstić information content (AvgIpc) is 2.66. The van der Waals surface area contributed by atoms with Crippen molar-refractivity contribution in [2.75, 3.05) is 5.32 Å². The summed E-state index contributed by atoms with van der Waals surface area (Å²) in [4.78, 5) is 4.41. The Bertz CT molecular complexity index is 492. The van der Waals surface area contributed by atoms with Crippen LogP contribution in [0.5, 0.6) is 0 Å². The lowest BCUT2D eigenvalue weighted by Gasteiger charge is -2.01. The van der Waals surface area contributed by atoms with Gasteiger partial charge in [0.1, 0.15) is 0 Å². The molecule has 2 rings (SSSR count). The molecular formula is C11H12N4S. The third kappa shape index (κ3) is 2.64. The summed E-state index contributed by atoms with van der Waals surface area (Å²) >= 11 is 4.69. The van der Waals surface area contributed by atoms with Gasteiger partial charge in [-0.2, -0.15) is 5.10 Å². The number of aromatic nitrogens is 3. The molecule has 0 spiro atoms. The lowest BCUT2D eigenvalue weighted by atomic mass is 10.3. The van der Waals surface area contributed by atoms with E-state index >= 15 is 0 Å². The quantitative estimate of drug-likeness (QED) is 0.819. The molecule has 0 aromatic carbocycles. The number of thiocarbonyl (C=S) groups is 1. The number of hydrogen-bond acceptors (Lipinski definition) is 3. The molecule has 16 heavy (non-hydrogen) atoms.